The van der Waals surface area contributed by atoms with E-state index in [-0.39, 0.29) is 19.4 Å². The topological polar surface area (TPSA) is 149 Å². The first-order chi connectivity index (χ1) is 29.7. The van der Waals surface area contributed by atoms with Gasteiger partial charge in [0, 0.05) is 12.8 Å². The Balaban J connectivity index is 4.27. The predicted molar refractivity (Wildman–Crippen MR) is 251 cm³/mol. The number of phosphoric acid groups is 1. The summed E-state index contributed by atoms with van der Waals surface area (Å²) in [6.45, 7) is 2.31. The monoisotopic (exact) mass is 883 g/mol. The van der Waals surface area contributed by atoms with E-state index in [1.165, 1.54) is 128 Å². The molecule has 3 N–H and O–H groups in total. The molecule has 11 heteroatoms. The highest BCUT2D eigenvalue weighted by atomic mass is 31.2. The molecule has 356 valence electrons. The molecule has 0 rings (SSSR count). The number of hydrogen-bond acceptors (Lipinski definition) is 9. The normalized spacial score (nSPS) is 14.1. The Hall–Kier alpha value is -2.07. The Kier molecular flexibility index (Phi) is 44.4. The summed E-state index contributed by atoms with van der Waals surface area (Å²) in [5.41, 5.74) is 0. The lowest BCUT2D eigenvalue weighted by Crippen LogP contribution is -2.29. The molecular formula is C50H91O10P. The van der Waals surface area contributed by atoms with Gasteiger partial charge in [-0.25, -0.2) is 4.57 Å². The molecule has 0 saturated heterocycles. The first-order valence-electron chi connectivity index (χ1n) is 24.6. The van der Waals surface area contributed by atoms with Crippen LogP contribution < -0.4 is 0 Å². The standard InChI is InChI=1S/C50H91O10P/c1-3-5-7-9-11-13-15-17-19-20-21-22-23-24-25-26-28-29-31-33-35-37-39-41-49(53)57-45-48(46-59-61(55,56)58-44-47(52)43-51)60-50(54)42-40-38-36-34-32-30-27-18-16-14-12-10-8-6-4-2/h18,26-28,32-35,47-48,51-52H,3-17,19-25,29-31,36-46H2,1-2H3,(H,55,56)/b27-18+,28-26+,34-32+,35-33+/t47-,48+/m1/s1. The number of aliphatic hydroxyl groups excluding tert-OH is 2. The van der Waals surface area contributed by atoms with Crippen LogP contribution in [0.5, 0.6) is 0 Å². The maximum absolute atomic E-state index is 12.6. The Bertz CT molecular complexity index is 1150. The van der Waals surface area contributed by atoms with Gasteiger partial charge in [0.05, 0.1) is 19.8 Å². The van der Waals surface area contributed by atoms with Gasteiger partial charge < -0.3 is 24.6 Å². The van der Waals surface area contributed by atoms with Crippen LogP contribution in [0.15, 0.2) is 48.6 Å². The highest BCUT2D eigenvalue weighted by Crippen LogP contribution is 2.43. The zero-order valence-corrected chi connectivity index (χ0v) is 39.8. The van der Waals surface area contributed by atoms with E-state index in [2.05, 4.69) is 67.0 Å². The summed E-state index contributed by atoms with van der Waals surface area (Å²) in [6, 6.07) is 0. The number of carbonyl (C=O) groups is 2. The summed E-state index contributed by atoms with van der Waals surface area (Å²) >= 11 is 0. The molecule has 0 saturated carbocycles. The van der Waals surface area contributed by atoms with Gasteiger partial charge in [0.15, 0.2) is 6.10 Å². The van der Waals surface area contributed by atoms with E-state index < -0.39 is 51.8 Å². The summed E-state index contributed by atoms with van der Waals surface area (Å²) < 4.78 is 32.7. The number of rotatable bonds is 46. The number of aliphatic hydroxyl groups is 2. The van der Waals surface area contributed by atoms with Gasteiger partial charge >= 0.3 is 19.8 Å². The summed E-state index contributed by atoms with van der Waals surface area (Å²) in [6.07, 6.45) is 51.0. The molecule has 0 heterocycles. The molecule has 0 aliphatic heterocycles. The Morgan fingerprint density at radius 1 is 0.492 bits per heavy atom. The lowest BCUT2D eigenvalue weighted by atomic mass is 10.0. The Labute approximate surface area is 373 Å². The van der Waals surface area contributed by atoms with Crippen molar-refractivity contribution in [2.75, 3.05) is 26.4 Å². The fraction of sp³-hybridized carbons (Fsp3) is 0.800. The van der Waals surface area contributed by atoms with E-state index in [9.17, 15) is 24.2 Å². The molecule has 0 radical (unpaired) electrons. The predicted octanol–water partition coefficient (Wildman–Crippen LogP) is 13.7. The van der Waals surface area contributed by atoms with Gasteiger partial charge in [0.25, 0.3) is 0 Å². The smallest absolute Gasteiger partial charge is 0.462 e. The zero-order chi connectivity index (χ0) is 44.8. The molecule has 1 unspecified atom stereocenters. The average molecular weight is 883 g/mol. The molecule has 0 bridgehead atoms. The molecule has 0 aromatic carbocycles. The van der Waals surface area contributed by atoms with Crippen molar-refractivity contribution >= 4 is 19.8 Å². The van der Waals surface area contributed by atoms with E-state index >= 15 is 0 Å². The van der Waals surface area contributed by atoms with Gasteiger partial charge in [-0.15, -0.1) is 0 Å². The second-order valence-corrected chi connectivity index (χ2v) is 17.9. The Morgan fingerprint density at radius 2 is 0.885 bits per heavy atom. The summed E-state index contributed by atoms with van der Waals surface area (Å²) in [5, 5.41) is 18.4. The molecule has 61 heavy (non-hydrogen) atoms. The third-order valence-corrected chi connectivity index (χ3v) is 11.4. The van der Waals surface area contributed by atoms with E-state index in [0.29, 0.717) is 12.8 Å². The SMILES string of the molecule is CCCCCCCC/C=C/C/C=C/CCCCC(=O)O[C@@H](COC(=O)CCC/C=C/CC/C=C/CCCCCCCCCCCCCCCC)COP(=O)(O)OC[C@H](O)CO. The van der Waals surface area contributed by atoms with Crippen molar-refractivity contribution in [2.45, 2.75) is 232 Å². The van der Waals surface area contributed by atoms with Crippen LogP contribution >= 0.6 is 7.82 Å². The van der Waals surface area contributed by atoms with Gasteiger partial charge in [-0.3, -0.25) is 18.6 Å². The highest BCUT2D eigenvalue weighted by Gasteiger charge is 2.27. The van der Waals surface area contributed by atoms with Gasteiger partial charge in [0.2, 0.25) is 0 Å². The van der Waals surface area contributed by atoms with Crippen molar-refractivity contribution in [1.29, 1.82) is 0 Å². The molecule has 0 spiro atoms. The molecule has 0 aliphatic carbocycles. The largest absolute Gasteiger partial charge is 0.472 e. The van der Waals surface area contributed by atoms with Crippen molar-refractivity contribution in [3.8, 4) is 0 Å². The Morgan fingerprint density at radius 3 is 1.38 bits per heavy atom. The number of allylic oxidation sites excluding steroid dienone is 8. The van der Waals surface area contributed by atoms with Gasteiger partial charge in [0.1, 0.15) is 12.7 Å². The molecule has 0 fully saturated rings. The van der Waals surface area contributed by atoms with Crippen molar-refractivity contribution < 1.29 is 47.8 Å². The van der Waals surface area contributed by atoms with Crippen molar-refractivity contribution in [3.05, 3.63) is 48.6 Å². The maximum Gasteiger partial charge on any atom is 0.472 e. The molecule has 3 atom stereocenters. The third-order valence-electron chi connectivity index (χ3n) is 10.4. The maximum atomic E-state index is 12.6. The second-order valence-electron chi connectivity index (χ2n) is 16.5. The molecular weight excluding hydrogens is 792 g/mol. The molecule has 0 aromatic rings. The fourth-order valence-electron chi connectivity index (χ4n) is 6.63. The van der Waals surface area contributed by atoms with E-state index in [1.807, 2.05) is 0 Å². The minimum absolute atomic E-state index is 0.133. The van der Waals surface area contributed by atoms with Crippen LogP contribution in [0.25, 0.3) is 0 Å². The quantitative estimate of drug-likeness (QED) is 0.0233. The van der Waals surface area contributed by atoms with Crippen LogP contribution in [0.1, 0.15) is 219 Å². The van der Waals surface area contributed by atoms with E-state index in [0.717, 1.165) is 51.4 Å². The first kappa shape index (κ1) is 58.9. The lowest BCUT2D eigenvalue weighted by Gasteiger charge is -2.20. The summed E-state index contributed by atoms with van der Waals surface area (Å²) in [7, 11) is -4.64. The van der Waals surface area contributed by atoms with Gasteiger partial charge in [-0.2, -0.15) is 0 Å². The first-order valence-corrected chi connectivity index (χ1v) is 26.1. The van der Waals surface area contributed by atoms with E-state index in [4.69, 9.17) is 19.1 Å². The number of phosphoric ester groups is 1. The summed E-state index contributed by atoms with van der Waals surface area (Å²) in [4.78, 5) is 35.0. The molecule has 0 aliphatic rings. The average Bonchev–Trinajstić information content (AvgIpc) is 3.25. The molecule has 10 nitrogen and oxygen atoms in total. The van der Waals surface area contributed by atoms with Gasteiger partial charge in [-0.1, -0.05) is 178 Å². The highest BCUT2D eigenvalue weighted by molar-refractivity contribution is 7.47. The van der Waals surface area contributed by atoms with Crippen molar-refractivity contribution in [1.82, 2.24) is 0 Å². The fourth-order valence-corrected chi connectivity index (χ4v) is 7.42. The van der Waals surface area contributed by atoms with Crippen molar-refractivity contribution in [2.24, 2.45) is 0 Å². The van der Waals surface area contributed by atoms with Crippen LogP contribution in [0.4, 0.5) is 0 Å². The van der Waals surface area contributed by atoms with Gasteiger partial charge in [-0.05, 0) is 77.0 Å². The number of esters is 2. The molecule has 0 amide bonds. The number of hydrogen-bond donors (Lipinski definition) is 3. The minimum atomic E-state index is -4.64. The minimum Gasteiger partial charge on any atom is -0.462 e. The second kappa shape index (κ2) is 45.9. The number of ether oxygens (including phenoxy) is 2. The third kappa shape index (κ3) is 45.8. The van der Waals surface area contributed by atoms with E-state index in [1.54, 1.807) is 0 Å². The van der Waals surface area contributed by atoms with Crippen LogP contribution in [0, 0.1) is 0 Å². The van der Waals surface area contributed by atoms with Crippen LogP contribution in [0.2, 0.25) is 0 Å². The zero-order valence-electron chi connectivity index (χ0n) is 38.9. The molecule has 0 aromatic heterocycles. The number of unbranched alkanes of at least 4 members (excludes halogenated alkanes) is 24. The van der Waals surface area contributed by atoms with Crippen molar-refractivity contribution in [3.63, 3.8) is 0 Å². The van der Waals surface area contributed by atoms with Crippen LogP contribution in [-0.4, -0.2) is 65.7 Å². The van der Waals surface area contributed by atoms with Crippen LogP contribution in [0.3, 0.4) is 0 Å². The lowest BCUT2D eigenvalue weighted by molar-refractivity contribution is -0.161. The summed E-state index contributed by atoms with van der Waals surface area (Å²) in [5.74, 6) is -1.01. The van der Waals surface area contributed by atoms with Crippen LogP contribution in [-0.2, 0) is 32.7 Å². The number of carbonyl (C=O) groups excluding carboxylic acids is 2.